The molecular weight excluding hydrogens is 426 g/mol. The van der Waals surface area contributed by atoms with E-state index in [9.17, 15) is 18.0 Å². The lowest BCUT2D eigenvalue weighted by Gasteiger charge is -2.10. The van der Waals surface area contributed by atoms with Crippen molar-refractivity contribution in [2.75, 3.05) is 7.11 Å². The number of ether oxygens (including phenoxy) is 1. The Balaban J connectivity index is 1.71. The van der Waals surface area contributed by atoms with Crippen LogP contribution in [0.5, 0.6) is 0 Å². The van der Waals surface area contributed by atoms with Crippen LogP contribution in [-0.4, -0.2) is 31.0 Å². The van der Waals surface area contributed by atoms with E-state index in [1.165, 1.54) is 41.5 Å². The van der Waals surface area contributed by atoms with Crippen LogP contribution in [0.25, 0.3) is 10.2 Å². The first-order chi connectivity index (χ1) is 13.3. The van der Waals surface area contributed by atoms with Gasteiger partial charge in [0.15, 0.2) is 0 Å². The minimum atomic E-state index is -4.10. The smallest absolute Gasteiger partial charge is 0.264 e. The van der Waals surface area contributed by atoms with Crippen molar-refractivity contribution in [2.24, 2.45) is 0 Å². The number of hydrogen-bond donors (Lipinski definition) is 1. The van der Waals surface area contributed by atoms with Gasteiger partial charge in [-0.25, -0.2) is 18.1 Å². The summed E-state index contributed by atoms with van der Waals surface area (Å²) < 4.78 is 33.2. The van der Waals surface area contributed by atoms with E-state index < -0.39 is 15.9 Å². The van der Waals surface area contributed by atoms with E-state index >= 15 is 0 Å². The number of carbonyl (C=O) groups excluding carboxylic acids is 1. The van der Waals surface area contributed by atoms with Crippen LogP contribution in [0.15, 0.2) is 45.7 Å². The average molecular weight is 442 g/mol. The quantitative estimate of drug-likeness (QED) is 0.602. The van der Waals surface area contributed by atoms with E-state index in [1.807, 2.05) is 4.72 Å². The summed E-state index contributed by atoms with van der Waals surface area (Å²) in [5.41, 5.74) is 0.283. The van der Waals surface area contributed by atoms with Crippen molar-refractivity contribution in [2.45, 2.75) is 24.5 Å². The molecule has 0 fully saturated rings. The molecular formula is C17H16ClN3O5S2. The molecule has 1 N–H and O–H groups in total. The molecule has 0 spiro atoms. The van der Waals surface area contributed by atoms with Crippen molar-refractivity contribution in [3.05, 3.63) is 56.9 Å². The molecule has 1 amide bonds. The Morgan fingerprint density at radius 2 is 2.14 bits per heavy atom. The van der Waals surface area contributed by atoms with E-state index in [0.29, 0.717) is 15.8 Å². The van der Waals surface area contributed by atoms with E-state index in [2.05, 4.69) is 4.98 Å². The van der Waals surface area contributed by atoms with Gasteiger partial charge in [0.25, 0.3) is 15.6 Å². The number of halogens is 1. The molecule has 3 aromatic rings. The minimum absolute atomic E-state index is 0.00342. The lowest BCUT2D eigenvalue weighted by molar-refractivity contribution is -0.119. The van der Waals surface area contributed by atoms with Crippen LogP contribution in [0.2, 0.25) is 5.02 Å². The molecule has 0 unspecified atom stereocenters. The van der Waals surface area contributed by atoms with Crippen LogP contribution in [0, 0.1) is 0 Å². The largest absolute Gasteiger partial charge is 0.380 e. The molecule has 0 saturated heterocycles. The Kier molecular flexibility index (Phi) is 6.14. The Morgan fingerprint density at radius 3 is 2.89 bits per heavy atom. The molecule has 2 aromatic heterocycles. The van der Waals surface area contributed by atoms with Gasteiger partial charge in [0.1, 0.15) is 4.83 Å². The van der Waals surface area contributed by atoms with Crippen LogP contribution in [0.4, 0.5) is 0 Å². The SMILES string of the molecule is COCc1cc(Cl)cc(S(=O)(=O)NC(=O)CCn2cnc3sccc3c2=O)c1. The topological polar surface area (TPSA) is 107 Å². The normalized spacial score (nSPS) is 11.6. The first-order valence-electron chi connectivity index (χ1n) is 8.07. The molecule has 0 aliphatic heterocycles. The van der Waals surface area contributed by atoms with Crippen LogP contribution in [0.1, 0.15) is 12.0 Å². The van der Waals surface area contributed by atoms with Crippen molar-refractivity contribution in [3.63, 3.8) is 0 Å². The van der Waals surface area contributed by atoms with Crippen molar-refractivity contribution in [3.8, 4) is 0 Å². The fourth-order valence-electron chi connectivity index (χ4n) is 2.56. The fraction of sp³-hybridized carbons (Fsp3) is 0.235. The first-order valence-corrected chi connectivity index (χ1v) is 10.8. The highest BCUT2D eigenvalue weighted by Gasteiger charge is 2.19. The van der Waals surface area contributed by atoms with Gasteiger partial charge in [0, 0.05) is 25.1 Å². The van der Waals surface area contributed by atoms with E-state index in [-0.39, 0.29) is 35.0 Å². The Hall–Kier alpha value is -2.27. The first kappa shape index (κ1) is 20.5. The third-order valence-corrected chi connectivity index (χ3v) is 6.22. The average Bonchev–Trinajstić information content (AvgIpc) is 3.10. The second-order valence-electron chi connectivity index (χ2n) is 5.89. The zero-order chi connectivity index (χ0) is 20.3. The van der Waals surface area contributed by atoms with Crippen LogP contribution in [-0.2, 0) is 32.7 Å². The molecule has 11 heteroatoms. The molecule has 8 nitrogen and oxygen atoms in total. The number of rotatable bonds is 7. The number of benzene rings is 1. The van der Waals surface area contributed by atoms with E-state index in [0.717, 1.165) is 0 Å². The fourth-order valence-corrected chi connectivity index (χ4v) is 4.71. The number of nitrogens with one attached hydrogen (secondary N) is 1. The Bertz CT molecular complexity index is 1190. The monoisotopic (exact) mass is 441 g/mol. The van der Waals surface area contributed by atoms with Gasteiger partial charge in [-0.1, -0.05) is 11.6 Å². The van der Waals surface area contributed by atoms with E-state index in [1.54, 1.807) is 17.5 Å². The second kappa shape index (κ2) is 8.39. The van der Waals surface area contributed by atoms with Crippen LogP contribution < -0.4 is 10.3 Å². The number of thiophene rings is 1. The Morgan fingerprint density at radius 1 is 1.36 bits per heavy atom. The van der Waals surface area contributed by atoms with Crippen molar-refractivity contribution in [1.82, 2.24) is 14.3 Å². The number of aromatic nitrogens is 2. The summed E-state index contributed by atoms with van der Waals surface area (Å²) in [6.07, 6.45) is 1.14. The van der Waals surface area contributed by atoms with Crippen LogP contribution >= 0.6 is 22.9 Å². The summed E-state index contributed by atoms with van der Waals surface area (Å²) in [7, 11) is -2.63. The van der Waals surface area contributed by atoms with Crippen molar-refractivity contribution >= 4 is 49.1 Å². The zero-order valence-corrected chi connectivity index (χ0v) is 17.1. The molecule has 148 valence electrons. The summed E-state index contributed by atoms with van der Waals surface area (Å²) in [4.78, 5) is 29.1. The molecule has 0 atom stereocenters. The highest BCUT2D eigenvalue weighted by atomic mass is 35.5. The molecule has 28 heavy (non-hydrogen) atoms. The maximum atomic E-state index is 12.5. The van der Waals surface area contributed by atoms with Gasteiger partial charge in [-0.15, -0.1) is 11.3 Å². The molecule has 2 heterocycles. The van der Waals surface area contributed by atoms with Crippen molar-refractivity contribution in [1.29, 1.82) is 0 Å². The van der Waals surface area contributed by atoms with Crippen LogP contribution in [0.3, 0.4) is 0 Å². The standard InChI is InChI=1S/C17H16ClN3O5S2/c1-26-9-11-6-12(18)8-13(7-11)28(24,25)20-15(22)2-4-21-10-19-16-14(17(21)23)3-5-27-16/h3,5-8,10H,2,4,9H2,1H3,(H,20,22). The predicted octanol–water partition coefficient (Wildman–Crippen LogP) is 2.15. The number of sulfonamides is 1. The summed E-state index contributed by atoms with van der Waals surface area (Å²) in [6.45, 7) is 0.182. The van der Waals surface area contributed by atoms with Gasteiger partial charge in [-0.2, -0.15) is 0 Å². The van der Waals surface area contributed by atoms with Gasteiger partial charge >= 0.3 is 0 Å². The summed E-state index contributed by atoms with van der Waals surface area (Å²) in [6, 6.07) is 5.86. The van der Waals surface area contributed by atoms with Gasteiger partial charge < -0.3 is 4.74 Å². The number of fused-ring (bicyclic) bond motifs is 1. The molecule has 0 saturated carbocycles. The Labute approximate surface area is 169 Å². The molecule has 0 aliphatic rings. The van der Waals surface area contributed by atoms with Gasteiger partial charge in [0.05, 0.1) is 23.2 Å². The summed E-state index contributed by atoms with van der Waals surface area (Å²) in [5.74, 6) is -0.745. The lowest BCUT2D eigenvalue weighted by atomic mass is 10.2. The number of aryl methyl sites for hydroxylation is 1. The number of carbonyl (C=O) groups is 1. The van der Waals surface area contributed by atoms with Gasteiger partial charge in [0.2, 0.25) is 5.91 Å². The van der Waals surface area contributed by atoms with E-state index in [4.69, 9.17) is 16.3 Å². The molecule has 0 bridgehead atoms. The number of methoxy groups -OCH3 is 1. The maximum absolute atomic E-state index is 12.5. The lowest BCUT2D eigenvalue weighted by Crippen LogP contribution is -2.32. The minimum Gasteiger partial charge on any atom is -0.380 e. The molecule has 0 aliphatic carbocycles. The number of nitrogens with zero attached hydrogens (tertiary/aromatic N) is 2. The van der Waals surface area contributed by atoms with Crippen molar-refractivity contribution < 1.29 is 17.9 Å². The van der Waals surface area contributed by atoms with Gasteiger partial charge in [-0.05, 0) is 35.2 Å². The maximum Gasteiger partial charge on any atom is 0.264 e. The second-order valence-corrected chi connectivity index (χ2v) is 8.90. The molecule has 0 radical (unpaired) electrons. The number of hydrogen-bond acceptors (Lipinski definition) is 7. The third-order valence-electron chi connectivity index (χ3n) is 3.83. The zero-order valence-electron chi connectivity index (χ0n) is 14.7. The predicted molar refractivity (Wildman–Crippen MR) is 106 cm³/mol. The molecule has 1 aromatic carbocycles. The summed E-state index contributed by atoms with van der Waals surface area (Å²) >= 11 is 7.29. The highest BCUT2D eigenvalue weighted by Crippen LogP contribution is 2.20. The number of amides is 1. The highest BCUT2D eigenvalue weighted by molar-refractivity contribution is 7.90. The third kappa shape index (κ3) is 4.58. The summed E-state index contributed by atoms with van der Waals surface area (Å²) in [5, 5.41) is 2.43. The molecule has 3 rings (SSSR count). The van der Waals surface area contributed by atoms with Gasteiger partial charge in [-0.3, -0.25) is 14.2 Å².